The molecule has 0 atom stereocenters. The maximum atomic E-state index is 11.3. The van der Waals surface area contributed by atoms with Gasteiger partial charge in [0.05, 0.1) is 7.11 Å². The van der Waals surface area contributed by atoms with E-state index in [2.05, 4.69) is 25.7 Å². The molecule has 0 spiro atoms. The van der Waals surface area contributed by atoms with E-state index in [4.69, 9.17) is 4.74 Å². The lowest BCUT2D eigenvalue weighted by Crippen LogP contribution is -2.50. The van der Waals surface area contributed by atoms with E-state index in [1.807, 2.05) is 0 Å². The molecule has 0 bridgehead atoms. The van der Waals surface area contributed by atoms with Gasteiger partial charge in [-0.3, -0.25) is 4.90 Å². The van der Waals surface area contributed by atoms with Crippen molar-refractivity contribution in [1.82, 2.24) is 9.80 Å². The van der Waals surface area contributed by atoms with Crippen LogP contribution in [0.15, 0.2) is 0 Å². The number of hydrogen-bond donors (Lipinski definition) is 0. The van der Waals surface area contributed by atoms with Gasteiger partial charge in [-0.1, -0.05) is 20.8 Å². The second-order valence-electron chi connectivity index (χ2n) is 5.25. The van der Waals surface area contributed by atoms with Crippen molar-refractivity contribution in [3.8, 4) is 0 Å². The largest absolute Gasteiger partial charge is 0.453 e. The molecule has 1 aliphatic rings. The number of amides is 1. The molecule has 4 nitrogen and oxygen atoms in total. The third-order valence-corrected chi connectivity index (χ3v) is 3.41. The molecule has 0 aromatic carbocycles. The van der Waals surface area contributed by atoms with Gasteiger partial charge in [-0.2, -0.15) is 0 Å². The number of hydrogen-bond acceptors (Lipinski definition) is 3. The summed E-state index contributed by atoms with van der Waals surface area (Å²) in [6, 6.07) is 0. The summed E-state index contributed by atoms with van der Waals surface area (Å²) in [5.41, 5.74) is 0.368. The number of carbonyl (C=O) groups is 1. The third kappa shape index (κ3) is 3.67. The summed E-state index contributed by atoms with van der Waals surface area (Å²) in [6.07, 6.45) is 0.985. The maximum Gasteiger partial charge on any atom is 0.409 e. The quantitative estimate of drug-likeness (QED) is 0.738. The molecule has 0 aromatic heterocycles. The minimum Gasteiger partial charge on any atom is -0.453 e. The fraction of sp³-hybridized carbons (Fsp3) is 0.917. The monoisotopic (exact) mass is 228 g/mol. The number of piperazine rings is 1. The van der Waals surface area contributed by atoms with Crippen molar-refractivity contribution in [3.63, 3.8) is 0 Å². The highest BCUT2D eigenvalue weighted by molar-refractivity contribution is 5.67. The van der Waals surface area contributed by atoms with Crippen molar-refractivity contribution in [3.05, 3.63) is 0 Å². The smallest absolute Gasteiger partial charge is 0.409 e. The van der Waals surface area contributed by atoms with Crippen LogP contribution in [0.4, 0.5) is 4.79 Å². The van der Waals surface area contributed by atoms with E-state index in [1.165, 1.54) is 13.5 Å². The molecule has 94 valence electrons. The molecule has 0 aromatic rings. The number of methoxy groups -OCH3 is 1. The van der Waals surface area contributed by atoms with Crippen LogP contribution in [0.2, 0.25) is 0 Å². The molecule has 1 amide bonds. The molecule has 1 fully saturated rings. The average Bonchev–Trinajstić information content (AvgIpc) is 2.28. The Labute approximate surface area is 98.5 Å². The van der Waals surface area contributed by atoms with Gasteiger partial charge in [-0.25, -0.2) is 4.79 Å². The number of rotatable bonds is 3. The van der Waals surface area contributed by atoms with Crippen LogP contribution in [-0.4, -0.2) is 55.7 Å². The Hall–Kier alpha value is -0.770. The normalized spacial score (nSPS) is 18.6. The van der Waals surface area contributed by atoms with Crippen molar-refractivity contribution in [1.29, 1.82) is 0 Å². The zero-order valence-electron chi connectivity index (χ0n) is 11.0. The molecular formula is C12H24N2O2. The van der Waals surface area contributed by atoms with Gasteiger partial charge in [-0.15, -0.1) is 0 Å². The SMILES string of the molecule is CCC(C)(C)CN1CCN(C(=O)OC)CC1. The predicted octanol–water partition coefficient (Wildman–Crippen LogP) is 1.81. The van der Waals surface area contributed by atoms with E-state index < -0.39 is 0 Å². The molecule has 0 unspecified atom stereocenters. The first-order chi connectivity index (χ1) is 7.48. The first-order valence-corrected chi connectivity index (χ1v) is 6.04. The molecule has 0 N–H and O–H groups in total. The molecule has 1 saturated heterocycles. The van der Waals surface area contributed by atoms with Crippen molar-refractivity contribution in [2.75, 3.05) is 39.8 Å². The minimum absolute atomic E-state index is 0.200. The van der Waals surface area contributed by atoms with E-state index in [9.17, 15) is 4.79 Å². The average molecular weight is 228 g/mol. The standard InChI is InChI=1S/C12H24N2O2/c1-5-12(2,3)10-13-6-8-14(9-7-13)11(15)16-4/h5-10H2,1-4H3. The van der Waals surface area contributed by atoms with Crippen LogP contribution in [0, 0.1) is 5.41 Å². The topological polar surface area (TPSA) is 32.8 Å². The Bertz CT molecular complexity index is 233. The van der Waals surface area contributed by atoms with Gasteiger partial charge in [0, 0.05) is 32.7 Å². The third-order valence-electron chi connectivity index (χ3n) is 3.41. The van der Waals surface area contributed by atoms with Crippen molar-refractivity contribution >= 4 is 6.09 Å². The molecule has 0 saturated carbocycles. The predicted molar refractivity (Wildman–Crippen MR) is 64.5 cm³/mol. The Morgan fingerprint density at radius 2 is 1.81 bits per heavy atom. The van der Waals surface area contributed by atoms with Gasteiger partial charge in [0.25, 0.3) is 0 Å². The van der Waals surface area contributed by atoms with Crippen LogP contribution in [0.25, 0.3) is 0 Å². The Kier molecular flexibility index (Phi) is 4.59. The maximum absolute atomic E-state index is 11.3. The summed E-state index contributed by atoms with van der Waals surface area (Å²) in [4.78, 5) is 15.5. The first-order valence-electron chi connectivity index (χ1n) is 6.04. The van der Waals surface area contributed by atoms with Crippen molar-refractivity contribution in [2.24, 2.45) is 5.41 Å². The molecule has 1 heterocycles. The van der Waals surface area contributed by atoms with Crippen LogP contribution in [0.1, 0.15) is 27.2 Å². The van der Waals surface area contributed by atoms with Crippen molar-refractivity contribution < 1.29 is 9.53 Å². The number of carbonyl (C=O) groups excluding carboxylic acids is 1. The van der Waals surface area contributed by atoms with Gasteiger partial charge in [0.15, 0.2) is 0 Å². The second kappa shape index (κ2) is 5.53. The van der Waals surface area contributed by atoms with Crippen LogP contribution >= 0.6 is 0 Å². The van der Waals surface area contributed by atoms with E-state index >= 15 is 0 Å². The van der Waals surface area contributed by atoms with E-state index in [0.29, 0.717) is 5.41 Å². The Morgan fingerprint density at radius 1 is 1.25 bits per heavy atom. The highest BCUT2D eigenvalue weighted by atomic mass is 16.5. The Morgan fingerprint density at radius 3 is 2.25 bits per heavy atom. The molecular weight excluding hydrogens is 204 g/mol. The summed E-state index contributed by atoms with van der Waals surface area (Å²) >= 11 is 0. The highest BCUT2D eigenvalue weighted by Crippen LogP contribution is 2.21. The number of nitrogens with zero attached hydrogens (tertiary/aromatic N) is 2. The van der Waals surface area contributed by atoms with Crippen LogP contribution < -0.4 is 0 Å². The summed E-state index contributed by atoms with van der Waals surface area (Å²) in [7, 11) is 1.44. The molecule has 16 heavy (non-hydrogen) atoms. The van der Waals surface area contributed by atoms with Gasteiger partial charge in [0.1, 0.15) is 0 Å². The van der Waals surface area contributed by atoms with Crippen molar-refractivity contribution in [2.45, 2.75) is 27.2 Å². The van der Waals surface area contributed by atoms with Gasteiger partial charge in [-0.05, 0) is 11.8 Å². The lowest BCUT2D eigenvalue weighted by atomic mass is 9.89. The minimum atomic E-state index is -0.200. The van der Waals surface area contributed by atoms with Crippen LogP contribution in [0.5, 0.6) is 0 Å². The molecule has 1 rings (SSSR count). The lowest BCUT2D eigenvalue weighted by molar-refractivity contribution is 0.0757. The van der Waals surface area contributed by atoms with E-state index in [-0.39, 0.29) is 6.09 Å². The zero-order chi connectivity index (χ0) is 12.2. The summed E-state index contributed by atoms with van der Waals surface area (Å²) in [5, 5.41) is 0. The van der Waals surface area contributed by atoms with Gasteiger partial charge in [0.2, 0.25) is 0 Å². The molecule has 0 aliphatic carbocycles. The summed E-state index contributed by atoms with van der Waals surface area (Å²) in [6.45, 7) is 11.4. The fourth-order valence-corrected chi connectivity index (χ4v) is 1.93. The second-order valence-corrected chi connectivity index (χ2v) is 5.25. The van der Waals surface area contributed by atoms with Gasteiger partial charge >= 0.3 is 6.09 Å². The zero-order valence-corrected chi connectivity index (χ0v) is 11.0. The fourth-order valence-electron chi connectivity index (χ4n) is 1.93. The van der Waals surface area contributed by atoms with Gasteiger partial charge < -0.3 is 9.64 Å². The molecule has 4 heteroatoms. The first kappa shape index (κ1) is 13.3. The summed E-state index contributed by atoms with van der Waals surface area (Å²) < 4.78 is 4.72. The molecule has 0 radical (unpaired) electrons. The van der Waals surface area contributed by atoms with E-state index in [0.717, 1.165) is 32.7 Å². The highest BCUT2D eigenvalue weighted by Gasteiger charge is 2.25. The molecule has 1 aliphatic heterocycles. The van der Waals surface area contributed by atoms with E-state index in [1.54, 1.807) is 4.90 Å². The Balaban J connectivity index is 2.35. The van der Waals surface area contributed by atoms with Crippen LogP contribution in [-0.2, 0) is 4.74 Å². The lowest BCUT2D eigenvalue weighted by Gasteiger charge is -2.38. The number of ether oxygens (including phenoxy) is 1. The van der Waals surface area contributed by atoms with Crippen LogP contribution in [0.3, 0.4) is 0 Å². The summed E-state index contributed by atoms with van der Waals surface area (Å²) in [5.74, 6) is 0.